The lowest BCUT2D eigenvalue weighted by Crippen LogP contribution is -2.59. The highest BCUT2D eigenvalue weighted by Crippen LogP contribution is 2.23. The van der Waals surface area contributed by atoms with Gasteiger partial charge in [0.15, 0.2) is 0 Å². The average Bonchev–Trinajstić information content (AvgIpc) is 2.88. The number of Topliss-reactive ketones (excluding diaryl/α,β-unsaturated/α-hetero) is 1. The van der Waals surface area contributed by atoms with Gasteiger partial charge in [-0.1, -0.05) is 67.4 Å². The first kappa shape index (κ1) is 34.9. The SMILES string of the molecule is CC(C)C(NC(=O)C(Cc1ccccc1)NC(=O)CCc1cc(Cl)cc(Cl)c1)C(=O)C(F)(F)C(=O)NCCC(F)(F)F. The average molecular weight is 638 g/mol. The van der Waals surface area contributed by atoms with Gasteiger partial charge in [0, 0.05) is 29.4 Å². The van der Waals surface area contributed by atoms with Crippen molar-refractivity contribution >= 4 is 46.7 Å². The molecule has 0 radical (unpaired) electrons. The van der Waals surface area contributed by atoms with Crippen LogP contribution in [-0.2, 0) is 32.0 Å². The van der Waals surface area contributed by atoms with Crippen LogP contribution in [0.15, 0.2) is 48.5 Å². The van der Waals surface area contributed by atoms with Crippen molar-refractivity contribution in [3.8, 4) is 0 Å². The van der Waals surface area contributed by atoms with E-state index in [2.05, 4.69) is 10.6 Å². The first-order valence-corrected chi connectivity index (χ1v) is 13.6. The molecular formula is C28H30Cl2F5N3O4. The molecule has 2 aromatic carbocycles. The molecule has 2 rings (SSSR count). The maximum absolute atomic E-state index is 14.7. The Hall–Kier alpha value is -3.25. The lowest BCUT2D eigenvalue weighted by Gasteiger charge is -2.27. The van der Waals surface area contributed by atoms with Crippen molar-refractivity contribution in [1.82, 2.24) is 16.0 Å². The standard InChI is InChI=1S/C28H30Cl2F5N3O4/c1-16(2)23(24(40)28(34,35)26(42)36-11-10-27(31,32)33)38-25(41)21(14-17-6-4-3-5-7-17)37-22(39)9-8-18-12-19(29)15-20(30)13-18/h3-7,12-13,15-16,21,23H,8-11,14H2,1-2H3,(H,36,42)(H,37,39)(H,38,41). The quantitative estimate of drug-likeness (QED) is 0.199. The van der Waals surface area contributed by atoms with Crippen LogP contribution >= 0.6 is 23.2 Å². The summed E-state index contributed by atoms with van der Waals surface area (Å²) in [5, 5.41) is 6.89. The molecule has 230 valence electrons. The number of halogens is 7. The number of amides is 3. The maximum atomic E-state index is 14.7. The van der Waals surface area contributed by atoms with Crippen LogP contribution in [-0.4, -0.2) is 54.2 Å². The Morgan fingerprint density at radius 3 is 2.00 bits per heavy atom. The van der Waals surface area contributed by atoms with E-state index in [9.17, 15) is 41.1 Å². The predicted octanol–water partition coefficient (Wildman–Crippen LogP) is 5.07. The van der Waals surface area contributed by atoms with Crippen LogP contribution in [0.2, 0.25) is 10.0 Å². The Kier molecular flexibility index (Phi) is 12.7. The zero-order chi connectivity index (χ0) is 31.7. The number of carbonyl (C=O) groups is 4. The van der Waals surface area contributed by atoms with E-state index in [4.69, 9.17) is 23.2 Å². The first-order chi connectivity index (χ1) is 19.5. The second kappa shape index (κ2) is 15.3. The Morgan fingerprint density at radius 1 is 0.857 bits per heavy atom. The number of benzene rings is 2. The third-order valence-corrected chi connectivity index (χ3v) is 6.47. The van der Waals surface area contributed by atoms with Gasteiger partial charge in [0.2, 0.25) is 17.6 Å². The fourth-order valence-electron chi connectivity index (χ4n) is 3.86. The van der Waals surface area contributed by atoms with Crippen molar-refractivity contribution < 1.29 is 41.1 Å². The summed E-state index contributed by atoms with van der Waals surface area (Å²) in [5.74, 6) is -11.4. The molecule has 0 heterocycles. The summed E-state index contributed by atoms with van der Waals surface area (Å²) < 4.78 is 66.4. The molecule has 42 heavy (non-hydrogen) atoms. The van der Waals surface area contributed by atoms with Gasteiger partial charge in [-0.05, 0) is 41.7 Å². The molecular weight excluding hydrogens is 608 g/mol. The van der Waals surface area contributed by atoms with Gasteiger partial charge in [0.1, 0.15) is 6.04 Å². The Balaban J connectivity index is 2.18. The number of hydrogen-bond acceptors (Lipinski definition) is 4. The van der Waals surface area contributed by atoms with Gasteiger partial charge in [0.25, 0.3) is 5.91 Å². The number of carbonyl (C=O) groups excluding carboxylic acids is 4. The molecule has 0 aromatic heterocycles. The molecule has 0 aliphatic rings. The number of rotatable bonds is 14. The van der Waals surface area contributed by atoms with E-state index in [1.54, 1.807) is 42.5 Å². The third kappa shape index (κ3) is 11.2. The molecule has 3 amide bonds. The van der Waals surface area contributed by atoms with Crippen molar-refractivity contribution in [2.45, 2.75) is 63.7 Å². The molecule has 0 bridgehead atoms. The highest BCUT2D eigenvalue weighted by molar-refractivity contribution is 6.34. The Labute approximate surface area is 249 Å². The minimum atomic E-state index is -4.73. The molecule has 0 fully saturated rings. The van der Waals surface area contributed by atoms with Gasteiger partial charge in [-0.3, -0.25) is 19.2 Å². The second-order valence-corrected chi connectivity index (χ2v) is 10.8. The first-order valence-electron chi connectivity index (χ1n) is 12.9. The molecule has 0 aliphatic carbocycles. The molecule has 2 aromatic rings. The van der Waals surface area contributed by atoms with Crippen LogP contribution in [0.5, 0.6) is 0 Å². The number of nitrogens with one attached hydrogen (secondary N) is 3. The zero-order valence-corrected chi connectivity index (χ0v) is 24.2. The van der Waals surface area contributed by atoms with Gasteiger partial charge in [-0.2, -0.15) is 22.0 Å². The van der Waals surface area contributed by atoms with Gasteiger partial charge >= 0.3 is 12.1 Å². The normalized spacial score (nSPS) is 13.3. The number of hydrogen-bond donors (Lipinski definition) is 3. The molecule has 0 aliphatic heterocycles. The molecule has 3 N–H and O–H groups in total. The van der Waals surface area contributed by atoms with Crippen molar-refractivity contribution in [3.05, 3.63) is 69.7 Å². The van der Waals surface area contributed by atoms with E-state index < -0.39 is 66.6 Å². The highest BCUT2D eigenvalue weighted by atomic mass is 35.5. The molecule has 0 spiro atoms. The Bertz CT molecular complexity index is 1240. The third-order valence-electron chi connectivity index (χ3n) is 6.03. The summed E-state index contributed by atoms with van der Waals surface area (Å²) in [6.45, 7) is 1.51. The monoisotopic (exact) mass is 637 g/mol. The zero-order valence-electron chi connectivity index (χ0n) is 22.7. The summed E-state index contributed by atoms with van der Waals surface area (Å²) in [5.41, 5.74) is 1.27. The lowest BCUT2D eigenvalue weighted by atomic mass is 9.94. The Morgan fingerprint density at radius 2 is 1.45 bits per heavy atom. The topological polar surface area (TPSA) is 104 Å². The van der Waals surface area contributed by atoms with Crippen molar-refractivity contribution in [1.29, 1.82) is 0 Å². The van der Waals surface area contributed by atoms with Gasteiger partial charge in [-0.25, -0.2) is 0 Å². The largest absolute Gasteiger partial charge is 0.390 e. The van der Waals surface area contributed by atoms with Crippen LogP contribution in [0.25, 0.3) is 0 Å². The van der Waals surface area contributed by atoms with E-state index in [-0.39, 0.29) is 19.3 Å². The highest BCUT2D eigenvalue weighted by Gasteiger charge is 2.51. The number of ketones is 1. The van der Waals surface area contributed by atoms with Gasteiger partial charge in [-0.15, -0.1) is 0 Å². The van der Waals surface area contributed by atoms with Crippen LogP contribution in [0.3, 0.4) is 0 Å². The van der Waals surface area contributed by atoms with Gasteiger partial charge in [0.05, 0.1) is 12.5 Å². The molecule has 0 saturated heterocycles. The van der Waals surface area contributed by atoms with E-state index in [1.165, 1.54) is 25.2 Å². The molecule has 2 atom stereocenters. The number of aryl methyl sites for hydroxylation is 1. The summed E-state index contributed by atoms with van der Waals surface area (Å²) in [7, 11) is 0. The minimum absolute atomic E-state index is 0.0608. The summed E-state index contributed by atoms with van der Waals surface area (Å²) in [6.07, 6.45) is -6.21. The van der Waals surface area contributed by atoms with E-state index in [1.807, 2.05) is 0 Å². The van der Waals surface area contributed by atoms with E-state index >= 15 is 0 Å². The predicted molar refractivity (Wildman–Crippen MR) is 147 cm³/mol. The number of alkyl halides is 5. The van der Waals surface area contributed by atoms with Crippen molar-refractivity contribution in [3.63, 3.8) is 0 Å². The van der Waals surface area contributed by atoms with Gasteiger partial charge < -0.3 is 16.0 Å². The lowest BCUT2D eigenvalue weighted by molar-refractivity contribution is -0.162. The van der Waals surface area contributed by atoms with Crippen LogP contribution in [0, 0.1) is 5.92 Å². The molecule has 14 heteroatoms. The summed E-state index contributed by atoms with van der Waals surface area (Å²) in [4.78, 5) is 50.7. The van der Waals surface area contributed by atoms with Crippen molar-refractivity contribution in [2.24, 2.45) is 5.92 Å². The molecule has 7 nitrogen and oxygen atoms in total. The second-order valence-electron chi connectivity index (χ2n) is 9.88. The smallest absolute Gasteiger partial charge is 0.350 e. The van der Waals surface area contributed by atoms with Crippen molar-refractivity contribution in [2.75, 3.05) is 6.54 Å². The van der Waals surface area contributed by atoms with E-state index in [0.717, 1.165) is 0 Å². The maximum Gasteiger partial charge on any atom is 0.390 e. The van der Waals surface area contributed by atoms with Crippen LogP contribution < -0.4 is 16.0 Å². The summed E-state index contributed by atoms with van der Waals surface area (Å²) in [6, 6.07) is 10.0. The van der Waals surface area contributed by atoms with E-state index in [0.29, 0.717) is 21.2 Å². The fraction of sp³-hybridized carbons (Fsp3) is 0.429. The molecule has 0 saturated carbocycles. The van der Waals surface area contributed by atoms with Crippen LogP contribution in [0.4, 0.5) is 22.0 Å². The fourth-order valence-corrected chi connectivity index (χ4v) is 4.43. The minimum Gasteiger partial charge on any atom is -0.350 e. The van der Waals surface area contributed by atoms with Crippen LogP contribution in [0.1, 0.15) is 37.8 Å². The molecule has 2 unspecified atom stereocenters. The summed E-state index contributed by atoms with van der Waals surface area (Å²) >= 11 is 12.0.